The summed E-state index contributed by atoms with van der Waals surface area (Å²) in [6, 6.07) is 9.60. The van der Waals surface area contributed by atoms with Gasteiger partial charge in [0, 0.05) is 24.8 Å². The number of nitrogens with one attached hydrogen (secondary N) is 1. The molecule has 1 aromatic heterocycles. The maximum Gasteiger partial charge on any atom is 0.304 e. The largest absolute Gasteiger partial charge is 0.370 e. The molecule has 0 saturated carbocycles. The monoisotopic (exact) mass is 496 g/mol. The molecule has 0 aliphatic carbocycles. The van der Waals surface area contributed by atoms with Crippen LogP contribution in [0.1, 0.15) is 16.1 Å². The number of fused-ring (bicyclic) bond motifs is 1. The zero-order valence-corrected chi connectivity index (χ0v) is 19.3. The Morgan fingerprint density at radius 2 is 1.88 bits per heavy atom. The number of hydrogen-bond acceptors (Lipinski definition) is 6. The summed E-state index contributed by atoms with van der Waals surface area (Å²) in [6.07, 6.45) is 0.556. The SMILES string of the molecule is O=C(N[C@@H]1CCN2[C@@H]1CN(c1ccc(N3CCOCC3=O)cc1)S2(=O)=O)c1ccc(Cl)s1. The summed E-state index contributed by atoms with van der Waals surface area (Å²) in [7, 11) is -3.70. The maximum absolute atomic E-state index is 13.2. The lowest BCUT2D eigenvalue weighted by Crippen LogP contribution is -2.44. The van der Waals surface area contributed by atoms with Gasteiger partial charge < -0.3 is 15.0 Å². The fraction of sp³-hybridized carbons (Fsp3) is 0.400. The Bertz CT molecular complexity index is 1150. The van der Waals surface area contributed by atoms with Crippen molar-refractivity contribution in [1.29, 1.82) is 0 Å². The van der Waals surface area contributed by atoms with Gasteiger partial charge in [0.25, 0.3) is 11.8 Å². The van der Waals surface area contributed by atoms with Crippen molar-refractivity contribution >= 4 is 56.3 Å². The lowest BCUT2D eigenvalue weighted by Gasteiger charge is -2.27. The molecule has 5 rings (SSSR count). The third-order valence-corrected chi connectivity index (χ3v) is 9.16. The number of carbonyl (C=O) groups is 2. The molecule has 3 aliphatic rings. The van der Waals surface area contributed by atoms with Gasteiger partial charge in [-0.3, -0.25) is 13.9 Å². The van der Waals surface area contributed by atoms with E-state index in [4.69, 9.17) is 16.3 Å². The van der Waals surface area contributed by atoms with Crippen LogP contribution in [0.25, 0.3) is 0 Å². The van der Waals surface area contributed by atoms with E-state index in [2.05, 4.69) is 5.32 Å². The Morgan fingerprint density at radius 1 is 1.12 bits per heavy atom. The number of carbonyl (C=O) groups excluding carboxylic acids is 2. The quantitative estimate of drug-likeness (QED) is 0.694. The normalized spacial score (nSPS) is 25.2. The van der Waals surface area contributed by atoms with Crippen LogP contribution in [-0.2, 0) is 19.7 Å². The third-order valence-electron chi connectivity index (χ3n) is 5.97. The number of thiophene rings is 1. The van der Waals surface area contributed by atoms with Crippen LogP contribution in [0.5, 0.6) is 0 Å². The highest BCUT2D eigenvalue weighted by Crippen LogP contribution is 2.36. The van der Waals surface area contributed by atoms with Gasteiger partial charge in [-0.15, -0.1) is 11.3 Å². The highest BCUT2D eigenvalue weighted by Gasteiger charge is 2.51. The van der Waals surface area contributed by atoms with E-state index in [0.717, 1.165) is 0 Å². The highest BCUT2D eigenvalue weighted by atomic mass is 35.5. The first-order chi connectivity index (χ1) is 15.3. The molecule has 0 unspecified atom stereocenters. The minimum atomic E-state index is -3.70. The average Bonchev–Trinajstić information content (AvgIpc) is 3.45. The highest BCUT2D eigenvalue weighted by molar-refractivity contribution is 7.90. The second kappa shape index (κ2) is 8.31. The van der Waals surface area contributed by atoms with Crippen LogP contribution >= 0.6 is 22.9 Å². The predicted octanol–water partition coefficient (Wildman–Crippen LogP) is 1.70. The summed E-state index contributed by atoms with van der Waals surface area (Å²) in [4.78, 5) is 26.7. The van der Waals surface area contributed by atoms with E-state index in [1.807, 2.05) is 0 Å². The Kier molecular flexibility index (Phi) is 5.62. The number of ether oxygens (including phenoxy) is 1. The van der Waals surface area contributed by atoms with Gasteiger partial charge >= 0.3 is 10.2 Å². The molecule has 3 fully saturated rings. The Labute approximate surface area is 194 Å². The number of hydrogen-bond donors (Lipinski definition) is 1. The first kappa shape index (κ1) is 21.7. The average molecular weight is 497 g/mol. The van der Waals surface area contributed by atoms with E-state index >= 15 is 0 Å². The molecule has 4 heterocycles. The van der Waals surface area contributed by atoms with Crippen LogP contribution in [0.2, 0.25) is 4.34 Å². The smallest absolute Gasteiger partial charge is 0.304 e. The van der Waals surface area contributed by atoms with Crippen molar-refractivity contribution in [1.82, 2.24) is 9.62 Å². The van der Waals surface area contributed by atoms with Crippen LogP contribution in [-0.4, -0.2) is 69.5 Å². The molecule has 1 N–H and O–H groups in total. The van der Waals surface area contributed by atoms with E-state index < -0.39 is 10.2 Å². The molecule has 0 spiro atoms. The van der Waals surface area contributed by atoms with Gasteiger partial charge in [-0.1, -0.05) is 11.6 Å². The topological polar surface area (TPSA) is 99.3 Å². The van der Waals surface area contributed by atoms with Crippen LogP contribution in [0.15, 0.2) is 36.4 Å². The first-order valence-electron chi connectivity index (χ1n) is 10.2. The van der Waals surface area contributed by atoms with Crippen LogP contribution in [0, 0.1) is 0 Å². The zero-order valence-electron chi connectivity index (χ0n) is 16.9. The Balaban J connectivity index is 1.32. The molecule has 3 aliphatic heterocycles. The Morgan fingerprint density at radius 3 is 2.56 bits per heavy atom. The second-order valence-electron chi connectivity index (χ2n) is 7.80. The van der Waals surface area contributed by atoms with Crippen LogP contribution in [0.4, 0.5) is 11.4 Å². The van der Waals surface area contributed by atoms with Crippen LogP contribution < -0.4 is 14.5 Å². The minimum absolute atomic E-state index is 0.0453. The number of morpholine rings is 1. The molecule has 32 heavy (non-hydrogen) atoms. The molecule has 3 saturated heterocycles. The second-order valence-corrected chi connectivity index (χ2v) is 11.3. The summed E-state index contributed by atoms with van der Waals surface area (Å²) in [5, 5.41) is 2.97. The molecular weight excluding hydrogens is 476 g/mol. The Hall–Kier alpha value is -2.18. The van der Waals surface area contributed by atoms with Crippen molar-refractivity contribution in [2.24, 2.45) is 0 Å². The molecule has 12 heteroatoms. The molecule has 2 amide bonds. The van der Waals surface area contributed by atoms with Crippen molar-refractivity contribution in [2.45, 2.75) is 18.5 Å². The van der Waals surface area contributed by atoms with Gasteiger partial charge in [-0.05, 0) is 42.8 Å². The van der Waals surface area contributed by atoms with Gasteiger partial charge in [-0.2, -0.15) is 12.7 Å². The number of amides is 2. The van der Waals surface area contributed by atoms with E-state index in [-0.39, 0.29) is 37.0 Å². The maximum atomic E-state index is 13.2. The van der Waals surface area contributed by atoms with E-state index in [9.17, 15) is 18.0 Å². The van der Waals surface area contributed by atoms with E-state index in [1.54, 1.807) is 41.3 Å². The van der Waals surface area contributed by atoms with Gasteiger partial charge in [0.2, 0.25) is 0 Å². The summed E-state index contributed by atoms with van der Waals surface area (Å²) >= 11 is 7.11. The zero-order chi connectivity index (χ0) is 22.5. The standard InChI is InChI=1S/C20H21ClN4O5S2/c21-18-6-5-17(31-18)20(27)22-15-7-8-24-16(15)11-25(32(24,28)29)14-3-1-13(2-4-14)23-9-10-30-12-19(23)26/h1-6,15-16H,7-12H2,(H,22,27)/t15-,16-/m1/s1. The van der Waals surface area contributed by atoms with Gasteiger partial charge in [0.1, 0.15) is 6.61 Å². The molecule has 0 radical (unpaired) electrons. The molecule has 9 nitrogen and oxygen atoms in total. The number of halogens is 1. The molecule has 1 aromatic carbocycles. The summed E-state index contributed by atoms with van der Waals surface area (Å²) in [6.45, 7) is 1.57. The molecular formula is C20H21ClN4O5S2. The molecule has 2 aromatic rings. The van der Waals surface area contributed by atoms with E-state index in [0.29, 0.717) is 46.7 Å². The van der Waals surface area contributed by atoms with Crippen molar-refractivity contribution in [3.63, 3.8) is 0 Å². The van der Waals surface area contributed by atoms with Crippen molar-refractivity contribution in [3.05, 3.63) is 45.6 Å². The number of rotatable bonds is 4. The molecule has 170 valence electrons. The van der Waals surface area contributed by atoms with Crippen molar-refractivity contribution in [2.75, 3.05) is 42.1 Å². The number of benzene rings is 1. The van der Waals surface area contributed by atoms with Crippen molar-refractivity contribution < 1.29 is 22.7 Å². The molecule has 0 bridgehead atoms. The summed E-state index contributed by atoms with van der Waals surface area (Å²) < 4.78 is 34.8. The summed E-state index contributed by atoms with van der Waals surface area (Å²) in [5.74, 6) is -0.367. The summed E-state index contributed by atoms with van der Waals surface area (Å²) in [5.41, 5.74) is 1.23. The lowest BCUT2D eigenvalue weighted by atomic mass is 10.1. The number of anilines is 2. The van der Waals surface area contributed by atoms with Gasteiger partial charge in [0.05, 0.1) is 34.1 Å². The fourth-order valence-electron chi connectivity index (χ4n) is 4.39. The van der Waals surface area contributed by atoms with Crippen molar-refractivity contribution in [3.8, 4) is 0 Å². The molecule has 2 atom stereocenters. The van der Waals surface area contributed by atoms with Gasteiger partial charge in [-0.25, -0.2) is 0 Å². The van der Waals surface area contributed by atoms with Crippen LogP contribution in [0.3, 0.4) is 0 Å². The first-order valence-corrected chi connectivity index (χ1v) is 12.8. The minimum Gasteiger partial charge on any atom is -0.370 e. The predicted molar refractivity (Wildman–Crippen MR) is 122 cm³/mol. The fourth-order valence-corrected chi connectivity index (χ4v) is 7.21. The number of nitrogens with zero attached hydrogens (tertiary/aromatic N) is 3. The van der Waals surface area contributed by atoms with E-state index in [1.165, 1.54) is 19.9 Å². The third kappa shape index (κ3) is 3.77. The van der Waals surface area contributed by atoms with Gasteiger partial charge in [0.15, 0.2) is 0 Å². The lowest BCUT2D eigenvalue weighted by molar-refractivity contribution is -0.125.